The second kappa shape index (κ2) is 10.6. The molecule has 2 atom stereocenters. The maximum absolute atomic E-state index is 13.7. The second-order valence-corrected chi connectivity index (χ2v) is 10.1. The average molecular weight is 585 g/mol. The van der Waals surface area contributed by atoms with Crippen molar-refractivity contribution in [3.05, 3.63) is 88.9 Å². The molecule has 2 aliphatic rings. The van der Waals surface area contributed by atoms with Crippen molar-refractivity contribution in [1.82, 2.24) is 14.8 Å². The molecular weight excluding hydrogens is 560 g/mol. The number of fused-ring (bicyclic) bond motifs is 2. The van der Waals surface area contributed by atoms with Crippen molar-refractivity contribution in [2.24, 2.45) is 5.73 Å². The first-order chi connectivity index (χ1) is 19.8. The zero-order valence-electron chi connectivity index (χ0n) is 22.2. The lowest BCUT2D eigenvalue weighted by molar-refractivity contribution is -0.187. The highest BCUT2D eigenvalue weighted by Crippen LogP contribution is 2.43. The zero-order valence-corrected chi connectivity index (χ0v) is 22.2. The summed E-state index contributed by atoms with van der Waals surface area (Å²) in [6.07, 6.45) is -4.94. The van der Waals surface area contributed by atoms with E-state index in [-0.39, 0.29) is 23.2 Å². The number of halogens is 4. The molecule has 1 fully saturated rings. The highest BCUT2D eigenvalue weighted by Gasteiger charge is 2.59. The molecule has 1 aliphatic heterocycles. The molecule has 0 radical (unpaired) electrons. The summed E-state index contributed by atoms with van der Waals surface area (Å²) in [4.78, 5) is 57.2. The number of nitrogens with two attached hydrogens (primary N) is 1. The summed E-state index contributed by atoms with van der Waals surface area (Å²) in [6.45, 7) is -0.936. The Hall–Kier alpha value is -4.65. The second-order valence-electron chi connectivity index (χ2n) is 10.1. The van der Waals surface area contributed by atoms with E-state index in [0.29, 0.717) is 21.7 Å². The molecular formula is C29H24F4N4O5. The molecule has 218 valence electrons. The Morgan fingerprint density at radius 3 is 2.50 bits per heavy atom. The molecule has 3 aromatic rings. The van der Waals surface area contributed by atoms with E-state index in [4.69, 9.17) is 10.5 Å². The van der Waals surface area contributed by atoms with Crippen LogP contribution in [-0.4, -0.2) is 63.8 Å². The van der Waals surface area contributed by atoms with Gasteiger partial charge < -0.3 is 20.3 Å². The fourth-order valence-electron chi connectivity index (χ4n) is 5.11. The van der Waals surface area contributed by atoms with Gasteiger partial charge in [-0.05, 0) is 48.4 Å². The number of primary amides is 1. The Balaban J connectivity index is 1.39. The summed E-state index contributed by atoms with van der Waals surface area (Å²) in [5, 5.41) is 0. The normalized spacial score (nSPS) is 18.8. The van der Waals surface area contributed by atoms with Crippen LogP contribution in [0.15, 0.2) is 60.7 Å². The molecule has 0 bridgehead atoms. The SMILES string of the molecule is C[C@H](N(Cc1ccc(F)cc1)C(=O)CN1CO[C@]2(C(=O)Cc3cc(-c4cccc(C(N)=O)n4)ccc32)C1=O)C(F)(F)F. The summed E-state index contributed by atoms with van der Waals surface area (Å²) in [7, 11) is 0. The minimum atomic E-state index is -4.77. The summed E-state index contributed by atoms with van der Waals surface area (Å²) in [5.74, 6) is -3.77. The number of Topliss-reactive ketones (excluding diaryl/α,β-unsaturated/α-hetero) is 1. The van der Waals surface area contributed by atoms with Crippen molar-refractivity contribution in [3.63, 3.8) is 0 Å². The minimum Gasteiger partial charge on any atom is -0.364 e. The third-order valence-corrected chi connectivity index (χ3v) is 7.40. The van der Waals surface area contributed by atoms with Gasteiger partial charge in [-0.1, -0.05) is 30.3 Å². The third-order valence-electron chi connectivity index (χ3n) is 7.40. The topological polar surface area (TPSA) is 123 Å². The number of amides is 3. The molecule has 2 aromatic carbocycles. The molecule has 1 aromatic heterocycles. The van der Waals surface area contributed by atoms with Gasteiger partial charge >= 0.3 is 6.18 Å². The molecule has 3 amide bonds. The van der Waals surface area contributed by atoms with E-state index in [0.717, 1.165) is 24.0 Å². The molecule has 1 saturated heterocycles. The van der Waals surface area contributed by atoms with Gasteiger partial charge in [0.2, 0.25) is 11.5 Å². The van der Waals surface area contributed by atoms with E-state index >= 15 is 0 Å². The Labute approximate surface area is 236 Å². The predicted octanol–water partition coefficient (Wildman–Crippen LogP) is 3.10. The Bertz CT molecular complexity index is 1590. The van der Waals surface area contributed by atoms with Gasteiger partial charge in [-0.25, -0.2) is 9.37 Å². The van der Waals surface area contributed by atoms with Gasteiger partial charge in [-0.3, -0.25) is 19.2 Å². The van der Waals surface area contributed by atoms with Crippen LogP contribution in [0.25, 0.3) is 11.3 Å². The summed E-state index contributed by atoms with van der Waals surface area (Å²) in [5.41, 5.74) is 5.27. The summed E-state index contributed by atoms with van der Waals surface area (Å²) >= 11 is 0. The number of carbonyl (C=O) groups is 4. The standard InChI is InChI=1S/C29H24F4N4O5/c1-16(29(31,32)33)37(13-17-5-8-20(30)9-6-17)25(39)14-36-15-42-28(27(36)41)21-10-7-18(11-19(21)12-24(28)38)22-3-2-4-23(35-22)26(34)40/h2-11,16H,12-15H2,1H3,(H2,34,40)/t16-,28+/m0/s1. The summed E-state index contributed by atoms with van der Waals surface area (Å²) in [6, 6.07) is 11.9. The van der Waals surface area contributed by atoms with E-state index in [9.17, 15) is 36.7 Å². The maximum Gasteiger partial charge on any atom is 0.408 e. The molecule has 9 nitrogen and oxygen atoms in total. The van der Waals surface area contributed by atoms with E-state index in [2.05, 4.69) is 4.98 Å². The lowest BCUT2D eigenvalue weighted by Gasteiger charge is -2.32. The van der Waals surface area contributed by atoms with E-state index in [1.807, 2.05) is 0 Å². The lowest BCUT2D eigenvalue weighted by atomic mass is 9.93. The summed E-state index contributed by atoms with van der Waals surface area (Å²) < 4.78 is 60.0. The van der Waals surface area contributed by atoms with Crippen molar-refractivity contribution in [1.29, 1.82) is 0 Å². The number of nitrogens with zero attached hydrogens (tertiary/aromatic N) is 3. The highest BCUT2D eigenvalue weighted by atomic mass is 19.4. The van der Waals surface area contributed by atoms with Crippen LogP contribution in [0.4, 0.5) is 17.6 Å². The van der Waals surface area contributed by atoms with Crippen molar-refractivity contribution >= 4 is 23.5 Å². The number of ether oxygens (including phenoxy) is 1. The van der Waals surface area contributed by atoms with E-state index in [1.165, 1.54) is 24.3 Å². The van der Waals surface area contributed by atoms with Crippen LogP contribution in [0.3, 0.4) is 0 Å². The van der Waals surface area contributed by atoms with Gasteiger partial charge in [0.05, 0.1) is 5.69 Å². The van der Waals surface area contributed by atoms with Gasteiger partial charge in [0.25, 0.3) is 11.8 Å². The van der Waals surface area contributed by atoms with Crippen LogP contribution >= 0.6 is 0 Å². The molecule has 1 spiro atoms. The van der Waals surface area contributed by atoms with Crippen molar-refractivity contribution in [2.75, 3.05) is 13.3 Å². The third kappa shape index (κ3) is 5.11. The van der Waals surface area contributed by atoms with Crippen molar-refractivity contribution in [3.8, 4) is 11.3 Å². The van der Waals surface area contributed by atoms with E-state index < -0.39 is 67.0 Å². The number of hydrogen-bond donors (Lipinski definition) is 1. The average Bonchev–Trinajstić information content (AvgIpc) is 3.43. The first kappa shape index (κ1) is 28.9. The first-order valence-corrected chi connectivity index (χ1v) is 12.8. The number of rotatable bonds is 7. The van der Waals surface area contributed by atoms with Crippen LogP contribution in [-0.2, 0) is 37.7 Å². The Morgan fingerprint density at radius 2 is 1.83 bits per heavy atom. The van der Waals surface area contributed by atoms with Crippen LogP contribution < -0.4 is 5.73 Å². The number of ketones is 1. The van der Waals surface area contributed by atoms with Gasteiger partial charge in [-0.15, -0.1) is 0 Å². The maximum atomic E-state index is 13.7. The number of hydrogen-bond acceptors (Lipinski definition) is 6. The first-order valence-electron chi connectivity index (χ1n) is 12.8. The van der Waals surface area contributed by atoms with Gasteiger partial charge in [0, 0.05) is 24.1 Å². The van der Waals surface area contributed by atoms with Gasteiger partial charge in [-0.2, -0.15) is 13.2 Å². The Morgan fingerprint density at radius 1 is 1.12 bits per heavy atom. The number of alkyl halides is 3. The molecule has 13 heteroatoms. The Kier molecular flexibility index (Phi) is 7.31. The molecule has 42 heavy (non-hydrogen) atoms. The highest BCUT2D eigenvalue weighted by molar-refractivity contribution is 6.15. The van der Waals surface area contributed by atoms with Crippen LogP contribution in [0.1, 0.15) is 34.1 Å². The lowest BCUT2D eigenvalue weighted by Crippen LogP contribution is -2.51. The number of aromatic nitrogens is 1. The fourth-order valence-corrected chi connectivity index (χ4v) is 5.11. The molecule has 0 saturated carbocycles. The number of benzene rings is 2. The smallest absolute Gasteiger partial charge is 0.364 e. The molecule has 2 N–H and O–H groups in total. The molecule has 2 heterocycles. The van der Waals surface area contributed by atoms with Crippen molar-refractivity contribution in [2.45, 2.75) is 37.7 Å². The molecule has 0 unspecified atom stereocenters. The van der Waals surface area contributed by atoms with Crippen LogP contribution in [0, 0.1) is 5.82 Å². The monoisotopic (exact) mass is 584 g/mol. The van der Waals surface area contributed by atoms with Gasteiger partial charge in [0.15, 0.2) is 5.78 Å². The molecule has 1 aliphatic carbocycles. The minimum absolute atomic E-state index is 0.0449. The zero-order chi connectivity index (χ0) is 30.4. The van der Waals surface area contributed by atoms with Crippen LogP contribution in [0.2, 0.25) is 0 Å². The van der Waals surface area contributed by atoms with E-state index in [1.54, 1.807) is 24.3 Å². The fraction of sp³-hybridized carbons (Fsp3) is 0.276. The largest absolute Gasteiger partial charge is 0.408 e. The predicted molar refractivity (Wildman–Crippen MR) is 139 cm³/mol. The molecule has 5 rings (SSSR count). The van der Waals surface area contributed by atoms with Gasteiger partial charge in [0.1, 0.15) is 30.8 Å². The van der Waals surface area contributed by atoms with Crippen molar-refractivity contribution < 1.29 is 41.5 Å². The quantitative estimate of drug-likeness (QED) is 0.337. The van der Waals surface area contributed by atoms with Crippen LogP contribution in [0.5, 0.6) is 0 Å². The number of pyridine rings is 1. The number of carbonyl (C=O) groups excluding carboxylic acids is 4.